The number of hydrogen-bond donors (Lipinski definition) is 0. The first kappa shape index (κ1) is 17.9. The van der Waals surface area contributed by atoms with Crippen molar-refractivity contribution >= 4 is 16.5 Å². The second-order valence-electron chi connectivity index (χ2n) is 7.99. The van der Waals surface area contributed by atoms with Crippen molar-refractivity contribution in [3.63, 3.8) is 0 Å². The van der Waals surface area contributed by atoms with Crippen LogP contribution in [0.1, 0.15) is 49.8 Å². The summed E-state index contributed by atoms with van der Waals surface area (Å²) < 4.78 is 14.7. The van der Waals surface area contributed by atoms with E-state index >= 15 is 0 Å². The highest BCUT2D eigenvalue weighted by Gasteiger charge is 2.40. The topological polar surface area (TPSA) is 19.4 Å². The van der Waals surface area contributed by atoms with Gasteiger partial charge in [-0.25, -0.2) is 9.37 Å². The van der Waals surface area contributed by atoms with E-state index in [-0.39, 0.29) is 11.2 Å². The minimum atomic E-state index is -0.251. The van der Waals surface area contributed by atoms with E-state index in [1.165, 1.54) is 12.8 Å². The van der Waals surface area contributed by atoms with Gasteiger partial charge in [0.05, 0.1) is 5.69 Å². The number of nitrogens with zero attached hydrogens (tertiary/aromatic N) is 3. The highest BCUT2D eigenvalue weighted by Crippen LogP contribution is 2.46. The van der Waals surface area contributed by atoms with Gasteiger partial charge in [0.1, 0.15) is 5.82 Å². The van der Waals surface area contributed by atoms with Gasteiger partial charge < -0.3 is 9.80 Å². The Morgan fingerprint density at radius 2 is 1.96 bits per heavy atom. The quantitative estimate of drug-likeness (QED) is 0.776. The normalized spacial score (nSPS) is 22.9. The number of rotatable bonds is 4. The van der Waals surface area contributed by atoms with E-state index in [9.17, 15) is 4.39 Å². The fourth-order valence-corrected chi connectivity index (χ4v) is 5.60. The minimum Gasteiger partial charge on any atom is -0.346 e. The lowest BCUT2D eigenvalue weighted by Crippen LogP contribution is -2.33. The Balaban J connectivity index is 1.66. The summed E-state index contributed by atoms with van der Waals surface area (Å²) in [4.78, 5) is 9.76. The molecule has 5 heteroatoms. The van der Waals surface area contributed by atoms with E-state index in [0.717, 1.165) is 55.2 Å². The lowest BCUT2D eigenvalue weighted by molar-refractivity contribution is 0.315. The second-order valence-corrected chi connectivity index (χ2v) is 8.83. The third-order valence-corrected chi connectivity index (χ3v) is 7.14. The van der Waals surface area contributed by atoms with Crippen LogP contribution in [0, 0.1) is 5.82 Å². The standard InChI is InChI=1S/C21H28FN3S/c1-24(2)16-10-13-25(14-16)20-23-19(15-26-20)21(11-6-3-7-12-21)17-8-4-5-9-18(17)22/h4-5,8-9,15-16H,3,6-7,10-14H2,1-2H3. The van der Waals surface area contributed by atoms with Gasteiger partial charge in [-0.05, 0) is 45.0 Å². The van der Waals surface area contributed by atoms with Crippen molar-refractivity contribution in [1.82, 2.24) is 9.88 Å². The molecule has 1 saturated heterocycles. The highest BCUT2D eigenvalue weighted by atomic mass is 32.1. The van der Waals surface area contributed by atoms with E-state index in [1.807, 2.05) is 12.1 Å². The van der Waals surface area contributed by atoms with E-state index in [4.69, 9.17) is 4.98 Å². The highest BCUT2D eigenvalue weighted by molar-refractivity contribution is 7.13. The number of aromatic nitrogens is 1. The van der Waals surface area contributed by atoms with Gasteiger partial charge in [0.2, 0.25) is 0 Å². The molecule has 1 unspecified atom stereocenters. The van der Waals surface area contributed by atoms with E-state index in [0.29, 0.717) is 6.04 Å². The van der Waals surface area contributed by atoms with Crippen molar-refractivity contribution < 1.29 is 4.39 Å². The summed E-state index contributed by atoms with van der Waals surface area (Å²) in [6.45, 7) is 2.09. The van der Waals surface area contributed by atoms with Gasteiger partial charge in [0.25, 0.3) is 0 Å². The zero-order valence-electron chi connectivity index (χ0n) is 15.7. The summed E-state index contributed by atoms with van der Waals surface area (Å²) in [6.07, 6.45) is 6.71. The predicted octanol–water partition coefficient (Wildman–Crippen LogP) is 4.67. The molecule has 4 rings (SSSR count). The molecule has 1 atom stereocenters. The van der Waals surface area contributed by atoms with Crippen molar-refractivity contribution in [1.29, 1.82) is 0 Å². The number of halogens is 1. The van der Waals surface area contributed by atoms with Crippen LogP contribution in [0.25, 0.3) is 0 Å². The van der Waals surface area contributed by atoms with Gasteiger partial charge >= 0.3 is 0 Å². The molecule has 0 spiro atoms. The average Bonchev–Trinajstić information content (AvgIpc) is 3.32. The Labute approximate surface area is 159 Å². The maximum absolute atomic E-state index is 14.7. The van der Waals surface area contributed by atoms with Crippen molar-refractivity contribution in [2.75, 3.05) is 32.1 Å². The molecule has 0 bridgehead atoms. The van der Waals surface area contributed by atoms with Crippen molar-refractivity contribution in [3.8, 4) is 0 Å². The molecule has 2 heterocycles. The summed E-state index contributed by atoms with van der Waals surface area (Å²) in [5.74, 6) is -0.0854. The Bertz CT molecular complexity index is 751. The molecule has 2 aromatic rings. The summed E-state index contributed by atoms with van der Waals surface area (Å²) in [5, 5.41) is 3.29. The molecule has 1 saturated carbocycles. The minimum absolute atomic E-state index is 0.0854. The van der Waals surface area contributed by atoms with Crippen molar-refractivity contribution in [2.24, 2.45) is 0 Å². The van der Waals surface area contributed by atoms with E-state index < -0.39 is 0 Å². The van der Waals surface area contributed by atoms with Gasteiger partial charge in [0, 0.05) is 29.9 Å². The van der Waals surface area contributed by atoms with Gasteiger partial charge in [-0.3, -0.25) is 0 Å². The van der Waals surface area contributed by atoms with Crippen molar-refractivity contribution in [2.45, 2.75) is 50.0 Å². The maximum Gasteiger partial charge on any atom is 0.185 e. The second kappa shape index (κ2) is 7.28. The van der Waals surface area contributed by atoms with Crippen LogP contribution in [0.5, 0.6) is 0 Å². The van der Waals surface area contributed by atoms with Crippen LogP contribution in [0.2, 0.25) is 0 Å². The molecular formula is C21H28FN3S. The number of likely N-dealkylation sites (N-methyl/N-ethyl adjacent to an activating group) is 1. The van der Waals surface area contributed by atoms with E-state index in [2.05, 4.69) is 29.3 Å². The smallest absolute Gasteiger partial charge is 0.185 e. The molecule has 1 aliphatic heterocycles. The Kier molecular flexibility index (Phi) is 5.02. The molecule has 26 heavy (non-hydrogen) atoms. The van der Waals surface area contributed by atoms with Crippen molar-refractivity contribution in [3.05, 3.63) is 46.7 Å². The summed E-state index contributed by atoms with van der Waals surface area (Å²) in [6, 6.07) is 7.91. The largest absolute Gasteiger partial charge is 0.346 e. The Morgan fingerprint density at radius 1 is 1.19 bits per heavy atom. The number of benzene rings is 1. The number of anilines is 1. The van der Waals surface area contributed by atoms with Gasteiger partial charge in [-0.1, -0.05) is 37.5 Å². The fraction of sp³-hybridized carbons (Fsp3) is 0.571. The van der Waals surface area contributed by atoms with Crippen LogP contribution in [0.15, 0.2) is 29.6 Å². The first-order valence-corrected chi connectivity index (χ1v) is 10.6. The fourth-order valence-electron chi connectivity index (χ4n) is 4.63. The molecule has 2 aliphatic rings. The maximum atomic E-state index is 14.7. The third-order valence-electron chi connectivity index (χ3n) is 6.24. The van der Waals surface area contributed by atoms with Gasteiger partial charge in [-0.2, -0.15) is 0 Å². The zero-order chi connectivity index (χ0) is 18.1. The van der Waals surface area contributed by atoms with Crippen LogP contribution in [-0.4, -0.2) is 43.1 Å². The molecule has 3 nitrogen and oxygen atoms in total. The first-order valence-electron chi connectivity index (χ1n) is 9.72. The molecule has 1 aromatic heterocycles. The predicted molar refractivity (Wildman–Crippen MR) is 107 cm³/mol. The lowest BCUT2D eigenvalue weighted by Gasteiger charge is -2.36. The van der Waals surface area contributed by atoms with Crippen LogP contribution in [0.4, 0.5) is 9.52 Å². The van der Waals surface area contributed by atoms with Crippen LogP contribution in [-0.2, 0) is 5.41 Å². The van der Waals surface area contributed by atoms with Crippen LogP contribution in [0.3, 0.4) is 0 Å². The molecule has 140 valence electrons. The van der Waals surface area contributed by atoms with Crippen LogP contribution >= 0.6 is 11.3 Å². The van der Waals surface area contributed by atoms with Gasteiger partial charge in [0.15, 0.2) is 5.13 Å². The molecule has 1 aromatic carbocycles. The Morgan fingerprint density at radius 3 is 2.65 bits per heavy atom. The Hall–Kier alpha value is -1.46. The van der Waals surface area contributed by atoms with E-state index in [1.54, 1.807) is 23.5 Å². The first-order chi connectivity index (χ1) is 12.6. The average molecular weight is 374 g/mol. The summed E-state index contributed by atoms with van der Waals surface area (Å²) in [5.41, 5.74) is 1.67. The van der Waals surface area contributed by atoms with Gasteiger partial charge in [-0.15, -0.1) is 11.3 Å². The third kappa shape index (κ3) is 3.16. The molecule has 0 N–H and O–H groups in total. The zero-order valence-corrected chi connectivity index (χ0v) is 16.6. The number of hydrogen-bond acceptors (Lipinski definition) is 4. The molecule has 0 radical (unpaired) electrons. The summed E-state index contributed by atoms with van der Waals surface area (Å²) >= 11 is 1.73. The molecule has 0 amide bonds. The number of thiazole rings is 1. The molecular weight excluding hydrogens is 345 g/mol. The van der Waals surface area contributed by atoms with Crippen LogP contribution < -0.4 is 4.90 Å². The summed E-state index contributed by atoms with van der Waals surface area (Å²) in [7, 11) is 4.30. The SMILES string of the molecule is CN(C)C1CCN(c2nc(C3(c4ccccc4F)CCCCC3)cs2)C1. The molecule has 1 aliphatic carbocycles. The lowest BCUT2D eigenvalue weighted by atomic mass is 9.67. The molecule has 2 fully saturated rings. The monoisotopic (exact) mass is 373 g/mol.